The lowest BCUT2D eigenvalue weighted by molar-refractivity contribution is -0.223. The molecule has 46 heavy (non-hydrogen) atoms. The van der Waals surface area contributed by atoms with Crippen LogP contribution in [-0.4, -0.2) is 109 Å². The lowest BCUT2D eigenvalue weighted by atomic mass is 9.85. The van der Waals surface area contributed by atoms with Gasteiger partial charge in [0.2, 0.25) is 0 Å². The minimum Gasteiger partial charge on any atom is -0.462 e. The van der Waals surface area contributed by atoms with E-state index in [0.29, 0.717) is 12.8 Å². The molecule has 0 spiro atoms. The molecular weight excluding hydrogens is 685 g/mol. The van der Waals surface area contributed by atoms with Crippen LogP contribution in [0.2, 0.25) is 0 Å². The van der Waals surface area contributed by atoms with Crippen molar-refractivity contribution in [3.8, 4) is 0 Å². The fourth-order valence-electron chi connectivity index (χ4n) is 4.23. The number of ether oxygens (including phenoxy) is 3. The van der Waals surface area contributed by atoms with E-state index in [-0.39, 0.29) is 12.8 Å². The number of hydrogen-bond acceptors (Lipinski definition) is 14. The van der Waals surface area contributed by atoms with Crippen LogP contribution in [0.15, 0.2) is 12.7 Å². The molecule has 0 bridgehead atoms. The number of aliphatic hydroxyl groups is 2. The summed E-state index contributed by atoms with van der Waals surface area (Å²) in [6.45, 7) is 5.36. The van der Waals surface area contributed by atoms with E-state index in [1.165, 1.54) is 0 Å². The highest BCUT2D eigenvalue weighted by Crippen LogP contribution is 2.51. The van der Waals surface area contributed by atoms with Crippen molar-refractivity contribution in [3.63, 3.8) is 0 Å². The summed E-state index contributed by atoms with van der Waals surface area (Å²) in [5.41, 5.74) is 0. The van der Waals surface area contributed by atoms with Gasteiger partial charge < -0.3 is 48.9 Å². The summed E-state index contributed by atoms with van der Waals surface area (Å²) in [6, 6.07) is 0. The zero-order valence-electron chi connectivity index (χ0n) is 25.5. The SMILES string of the molecule is C=CCOC1C(O)C(OP(=O)(O)O)C(OP(=O)(O)O)C(O)C1OP(=O)(O)OCC(COC(=O)CCCCC)OC(=O)CCCCC. The van der Waals surface area contributed by atoms with Crippen LogP contribution in [0.3, 0.4) is 0 Å². The van der Waals surface area contributed by atoms with Gasteiger partial charge in [-0.2, -0.15) is 0 Å². The Morgan fingerprint density at radius 2 is 1.22 bits per heavy atom. The summed E-state index contributed by atoms with van der Waals surface area (Å²) in [5, 5.41) is 21.7. The summed E-state index contributed by atoms with van der Waals surface area (Å²) < 4.78 is 70.5. The van der Waals surface area contributed by atoms with E-state index >= 15 is 0 Å². The molecule has 0 radical (unpaired) electrons. The fraction of sp³-hybridized carbons (Fsp3) is 0.833. The third-order valence-corrected chi connectivity index (χ3v) is 8.32. The molecule has 0 saturated heterocycles. The number of unbranched alkanes of at least 4 members (excludes halogenated alkanes) is 4. The van der Waals surface area contributed by atoms with Crippen LogP contribution in [0.4, 0.5) is 0 Å². The molecule has 0 aliphatic heterocycles. The number of rotatable bonds is 23. The highest BCUT2D eigenvalue weighted by Gasteiger charge is 2.57. The van der Waals surface area contributed by atoms with Crippen molar-refractivity contribution in [2.24, 2.45) is 0 Å². The highest BCUT2D eigenvalue weighted by molar-refractivity contribution is 7.47. The first-order chi connectivity index (χ1) is 21.3. The van der Waals surface area contributed by atoms with Gasteiger partial charge in [-0.3, -0.25) is 27.7 Å². The third-order valence-electron chi connectivity index (χ3n) is 6.29. The lowest BCUT2D eigenvalue weighted by Crippen LogP contribution is -2.65. The van der Waals surface area contributed by atoms with Gasteiger partial charge in [-0.15, -0.1) is 6.58 Å². The van der Waals surface area contributed by atoms with Crippen LogP contribution < -0.4 is 0 Å². The van der Waals surface area contributed by atoms with Crippen molar-refractivity contribution in [1.29, 1.82) is 0 Å². The molecule has 0 heterocycles. The summed E-state index contributed by atoms with van der Waals surface area (Å²) >= 11 is 0. The van der Waals surface area contributed by atoms with Crippen molar-refractivity contribution in [1.82, 2.24) is 0 Å². The van der Waals surface area contributed by atoms with E-state index in [0.717, 1.165) is 31.8 Å². The Labute approximate surface area is 266 Å². The molecule has 22 heteroatoms. The molecule has 1 fully saturated rings. The molecule has 19 nitrogen and oxygen atoms in total. The average molecular weight is 731 g/mol. The predicted molar refractivity (Wildman–Crippen MR) is 156 cm³/mol. The van der Waals surface area contributed by atoms with E-state index in [9.17, 15) is 58.0 Å². The highest BCUT2D eigenvalue weighted by atomic mass is 31.2. The van der Waals surface area contributed by atoms with Gasteiger partial charge in [0.1, 0.15) is 43.2 Å². The Morgan fingerprint density at radius 1 is 0.739 bits per heavy atom. The number of aliphatic hydroxyl groups excluding tert-OH is 2. The van der Waals surface area contributed by atoms with E-state index in [1.807, 2.05) is 13.8 Å². The van der Waals surface area contributed by atoms with Crippen LogP contribution in [0.1, 0.15) is 65.2 Å². The third kappa shape index (κ3) is 16.8. The molecule has 0 aromatic rings. The molecule has 0 aromatic heterocycles. The summed E-state index contributed by atoms with van der Waals surface area (Å²) in [7, 11) is -16.4. The Kier molecular flexibility index (Phi) is 19.0. The molecule has 1 aliphatic carbocycles. The molecular formula is C24H45O19P3. The molecule has 1 rings (SSSR count). The second-order valence-electron chi connectivity index (χ2n) is 10.2. The normalized spacial score (nSPS) is 25.8. The quantitative estimate of drug-likeness (QED) is 0.0338. The number of carbonyl (C=O) groups excluding carboxylic acids is 2. The molecule has 0 amide bonds. The van der Waals surface area contributed by atoms with Crippen molar-refractivity contribution < 1.29 is 90.3 Å². The van der Waals surface area contributed by atoms with Crippen molar-refractivity contribution in [3.05, 3.63) is 12.7 Å². The first-order valence-electron chi connectivity index (χ1n) is 14.4. The maximum Gasteiger partial charge on any atom is 0.472 e. The van der Waals surface area contributed by atoms with E-state index in [1.54, 1.807) is 0 Å². The van der Waals surface area contributed by atoms with Gasteiger partial charge in [0.25, 0.3) is 0 Å². The van der Waals surface area contributed by atoms with Gasteiger partial charge >= 0.3 is 35.4 Å². The fourth-order valence-corrected chi connectivity index (χ4v) is 6.32. The smallest absolute Gasteiger partial charge is 0.462 e. The minimum atomic E-state index is -5.56. The Morgan fingerprint density at radius 3 is 1.70 bits per heavy atom. The van der Waals surface area contributed by atoms with E-state index < -0.39 is 98.0 Å². The van der Waals surface area contributed by atoms with Crippen LogP contribution >= 0.6 is 23.5 Å². The molecule has 1 aliphatic rings. The molecule has 270 valence electrons. The first-order valence-corrected chi connectivity index (χ1v) is 19.0. The van der Waals surface area contributed by atoms with E-state index in [4.69, 9.17) is 23.3 Å². The summed E-state index contributed by atoms with van der Waals surface area (Å²) in [5.74, 6) is -1.33. The van der Waals surface area contributed by atoms with Gasteiger partial charge in [-0.1, -0.05) is 45.6 Å². The zero-order valence-corrected chi connectivity index (χ0v) is 28.2. The van der Waals surface area contributed by atoms with Gasteiger partial charge in [0.05, 0.1) is 13.2 Å². The molecule has 1 saturated carbocycles. The van der Waals surface area contributed by atoms with Gasteiger partial charge in [0.15, 0.2) is 6.10 Å². The summed E-state index contributed by atoms with van der Waals surface area (Å²) in [6.07, 6.45) is -9.76. The first kappa shape index (κ1) is 42.9. The van der Waals surface area contributed by atoms with Crippen molar-refractivity contribution >= 4 is 35.4 Å². The molecule has 8 atom stereocenters. The maximum absolute atomic E-state index is 13.0. The largest absolute Gasteiger partial charge is 0.472 e. The topological polar surface area (TPSA) is 292 Å². The Hall–Kier alpha value is -1.11. The molecule has 8 unspecified atom stereocenters. The average Bonchev–Trinajstić information content (AvgIpc) is 2.94. The zero-order chi connectivity index (χ0) is 35.1. The van der Waals surface area contributed by atoms with Gasteiger partial charge in [-0.05, 0) is 12.8 Å². The standard InChI is InChI=1S/C24H45O19P3/c1-4-7-9-11-17(25)38-14-16(40-18(26)12-10-8-5-2)15-39-46(35,36)43-22-20(28)24(42-45(32,33)34)23(41-44(29,30)31)19(27)21(22)37-13-6-3/h6,16,19-24,27-28H,3-5,7-15H2,1-2H3,(H,35,36)(H2,29,30,31)(H2,32,33,34). The van der Waals surface area contributed by atoms with Crippen LogP contribution in [0.5, 0.6) is 0 Å². The number of phosphoric ester groups is 3. The number of phosphoric acid groups is 3. The van der Waals surface area contributed by atoms with Gasteiger partial charge in [-0.25, -0.2) is 13.7 Å². The number of hydrogen-bond donors (Lipinski definition) is 7. The number of esters is 2. The minimum absolute atomic E-state index is 0.00461. The monoisotopic (exact) mass is 730 g/mol. The van der Waals surface area contributed by atoms with Crippen molar-refractivity contribution in [2.45, 2.75) is 108 Å². The second-order valence-corrected chi connectivity index (χ2v) is 14.0. The Bertz CT molecular complexity index is 1090. The van der Waals surface area contributed by atoms with Crippen LogP contribution in [0.25, 0.3) is 0 Å². The maximum atomic E-state index is 13.0. The molecule has 7 N–H and O–H groups in total. The summed E-state index contributed by atoms with van der Waals surface area (Å²) in [4.78, 5) is 72.1. The molecule has 0 aromatic carbocycles. The second kappa shape index (κ2) is 20.4. The predicted octanol–water partition coefficient (Wildman–Crippen LogP) is 1.37. The lowest BCUT2D eigenvalue weighted by Gasteiger charge is -2.46. The Balaban J connectivity index is 3.20. The van der Waals surface area contributed by atoms with E-state index in [2.05, 4.69) is 15.6 Å². The van der Waals surface area contributed by atoms with Crippen LogP contribution in [-0.2, 0) is 55.6 Å². The number of carbonyl (C=O) groups is 2. The van der Waals surface area contributed by atoms with Crippen molar-refractivity contribution in [2.75, 3.05) is 19.8 Å². The van der Waals surface area contributed by atoms with Gasteiger partial charge in [0, 0.05) is 12.8 Å². The van der Waals surface area contributed by atoms with Crippen LogP contribution in [0, 0.1) is 0 Å².